The molecular weight excluding hydrogens is 362 g/mol. The second-order valence-corrected chi connectivity index (χ2v) is 7.39. The number of hydrogen-bond acceptors (Lipinski definition) is 4. The van der Waals surface area contributed by atoms with Gasteiger partial charge in [0.25, 0.3) is 0 Å². The number of halogens is 2. The molecule has 150 valence electrons. The van der Waals surface area contributed by atoms with E-state index < -0.39 is 12.1 Å². The van der Waals surface area contributed by atoms with Gasteiger partial charge in [0.2, 0.25) is 11.9 Å². The second kappa shape index (κ2) is 9.85. The third-order valence-corrected chi connectivity index (χ3v) is 5.32. The van der Waals surface area contributed by atoms with Crippen molar-refractivity contribution >= 4 is 5.57 Å². The molecule has 28 heavy (non-hydrogen) atoms. The van der Waals surface area contributed by atoms with Gasteiger partial charge in [0.05, 0.1) is 12.2 Å². The van der Waals surface area contributed by atoms with E-state index in [1.807, 2.05) is 0 Å². The van der Waals surface area contributed by atoms with E-state index in [0.29, 0.717) is 17.5 Å². The first kappa shape index (κ1) is 20.6. The lowest BCUT2D eigenvalue weighted by molar-refractivity contribution is 0.118. The minimum Gasteiger partial charge on any atom is -0.393 e. The highest BCUT2D eigenvalue weighted by Crippen LogP contribution is 2.33. The van der Waals surface area contributed by atoms with E-state index in [1.165, 1.54) is 12.4 Å². The Kier molecular flexibility index (Phi) is 7.23. The van der Waals surface area contributed by atoms with Crippen LogP contribution in [0, 0.1) is 11.9 Å². The lowest BCUT2D eigenvalue weighted by Gasteiger charge is -2.25. The van der Waals surface area contributed by atoms with Gasteiger partial charge in [0, 0.05) is 23.5 Å². The van der Waals surface area contributed by atoms with Crippen molar-refractivity contribution in [3.05, 3.63) is 65.8 Å². The minimum absolute atomic E-state index is 0.146. The number of pyridine rings is 2. The Balaban J connectivity index is 0.000000161. The van der Waals surface area contributed by atoms with Gasteiger partial charge in [-0.25, -0.2) is 9.97 Å². The Labute approximate surface area is 164 Å². The predicted molar refractivity (Wildman–Crippen MR) is 103 cm³/mol. The van der Waals surface area contributed by atoms with Crippen molar-refractivity contribution in [2.75, 3.05) is 0 Å². The molecule has 6 heteroatoms. The van der Waals surface area contributed by atoms with Crippen LogP contribution < -0.4 is 0 Å². The summed E-state index contributed by atoms with van der Waals surface area (Å²) in [5, 5.41) is 18.9. The SMILES string of the molecule is O[C@@H]1CCCC(c2cccnc2F)C1.O[C@H]1C=C(c2cccnc2F)CCC1. The number of hydrogen-bond donors (Lipinski definition) is 2. The van der Waals surface area contributed by atoms with Gasteiger partial charge in [-0.2, -0.15) is 8.78 Å². The molecule has 2 N–H and O–H groups in total. The molecule has 0 saturated heterocycles. The lowest BCUT2D eigenvalue weighted by Crippen LogP contribution is -2.19. The van der Waals surface area contributed by atoms with E-state index in [4.69, 9.17) is 0 Å². The van der Waals surface area contributed by atoms with Crippen LogP contribution in [0.5, 0.6) is 0 Å². The van der Waals surface area contributed by atoms with Gasteiger partial charge in [-0.05, 0) is 68.2 Å². The van der Waals surface area contributed by atoms with E-state index in [0.717, 1.165) is 44.1 Å². The van der Waals surface area contributed by atoms with E-state index in [2.05, 4.69) is 9.97 Å². The summed E-state index contributed by atoms with van der Waals surface area (Å²) in [7, 11) is 0. The van der Waals surface area contributed by atoms with E-state index >= 15 is 0 Å². The maximum absolute atomic E-state index is 13.3. The van der Waals surface area contributed by atoms with Gasteiger partial charge in [0.15, 0.2) is 0 Å². The molecule has 2 aromatic rings. The van der Waals surface area contributed by atoms with Crippen molar-refractivity contribution in [2.24, 2.45) is 0 Å². The number of aliphatic hydroxyl groups is 2. The second-order valence-electron chi connectivity index (χ2n) is 7.39. The highest BCUT2D eigenvalue weighted by atomic mass is 19.1. The van der Waals surface area contributed by atoms with Crippen molar-refractivity contribution in [2.45, 2.75) is 63.1 Å². The van der Waals surface area contributed by atoms with Crippen LogP contribution in [0.15, 0.2) is 42.7 Å². The summed E-state index contributed by atoms with van der Waals surface area (Å²) in [5.74, 6) is -0.688. The Hall–Kier alpha value is -2.18. The summed E-state index contributed by atoms with van der Waals surface area (Å²) >= 11 is 0. The highest BCUT2D eigenvalue weighted by Gasteiger charge is 2.23. The molecule has 0 aromatic carbocycles. The van der Waals surface area contributed by atoms with E-state index in [9.17, 15) is 19.0 Å². The van der Waals surface area contributed by atoms with Crippen molar-refractivity contribution < 1.29 is 19.0 Å². The van der Waals surface area contributed by atoms with Gasteiger partial charge < -0.3 is 10.2 Å². The lowest BCUT2D eigenvalue weighted by atomic mass is 9.83. The Morgan fingerprint density at radius 1 is 0.893 bits per heavy atom. The number of aromatic nitrogens is 2. The maximum Gasteiger partial charge on any atom is 0.220 e. The number of nitrogens with zero attached hydrogens (tertiary/aromatic N) is 2. The molecule has 2 heterocycles. The van der Waals surface area contributed by atoms with Gasteiger partial charge in [0.1, 0.15) is 0 Å². The summed E-state index contributed by atoms with van der Waals surface area (Å²) in [6.07, 6.45) is 9.85. The zero-order chi connectivity index (χ0) is 19.9. The summed E-state index contributed by atoms with van der Waals surface area (Å²) in [6.45, 7) is 0. The van der Waals surface area contributed by atoms with Crippen molar-refractivity contribution in [1.82, 2.24) is 9.97 Å². The Morgan fingerprint density at radius 3 is 2.32 bits per heavy atom. The van der Waals surface area contributed by atoms with Crippen LogP contribution in [-0.4, -0.2) is 32.4 Å². The molecule has 0 amide bonds. The Bertz CT molecular complexity index is 813. The molecular formula is C22H26F2N2O2. The molecule has 4 nitrogen and oxygen atoms in total. The predicted octanol–water partition coefficient (Wildman–Crippen LogP) is 4.39. The van der Waals surface area contributed by atoms with E-state index in [-0.39, 0.29) is 18.0 Å². The van der Waals surface area contributed by atoms with Crippen molar-refractivity contribution in [3.8, 4) is 0 Å². The molecule has 4 rings (SSSR count). The van der Waals surface area contributed by atoms with Crippen LogP contribution in [0.3, 0.4) is 0 Å². The third-order valence-electron chi connectivity index (χ3n) is 5.32. The molecule has 1 fully saturated rings. The van der Waals surface area contributed by atoms with Gasteiger partial charge in [-0.3, -0.25) is 0 Å². The summed E-state index contributed by atoms with van der Waals surface area (Å²) < 4.78 is 26.6. The van der Waals surface area contributed by atoms with Gasteiger partial charge in [-0.1, -0.05) is 18.6 Å². The molecule has 1 saturated carbocycles. The van der Waals surface area contributed by atoms with Crippen LogP contribution >= 0.6 is 0 Å². The van der Waals surface area contributed by atoms with E-state index in [1.54, 1.807) is 30.3 Å². The molecule has 1 unspecified atom stereocenters. The number of allylic oxidation sites excluding steroid dienone is 1. The average molecular weight is 388 g/mol. The van der Waals surface area contributed by atoms with Crippen LogP contribution in [0.2, 0.25) is 0 Å². The smallest absolute Gasteiger partial charge is 0.220 e. The topological polar surface area (TPSA) is 66.2 Å². The normalized spacial score (nSPS) is 24.7. The van der Waals surface area contributed by atoms with Crippen LogP contribution in [0.4, 0.5) is 8.78 Å². The molecule has 0 aliphatic heterocycles. The molecule has 0 radical (unpaired) electrons. The highest BCUT2D eigenvalue weighted by molar-refractivity contribution is 5.66. The first-order valence-corrected chi connectivity index (χ1v) is 9.82. The molecule has 3 atom stereocenters. The van der Waals surface area contributed by atoms with Crippen LogP contribution in [-0.2, 0) is 0 Å². The standard InChI is InChI=1S/C11H14FNO.C11H12FNO/c2*12-11-10(5-2-6-13-11)8-3-1-4-9(14)7-8/h2,5-6,8-9,14H,1,3-4,7H2;2,5-7,9,14H,1,3-4H2/t8?,9-;9-/m11/s1. The third kappa shape index (κ3) is 5.42. The fourth-order valence-corrected chi connectivity index (χ4v) is 3.90. The minimum atomic E-state index is -0.451. The summed E-state index contributed by atoms with van der Waals surface area (Å²) in [6, 6.07) is 6.93. The first-order chi connectivity index (χ1) is 13.5. The largest absolute Gasteiger partial charge is 0.393 e. The quantitative estimate of drug-likeness (QED) is 0.749. The average Bonchev–Trinajstić information content (AvgIpc) is 2.69. The first-order valence-electron chi connectivity index (χ1n) is 9.82. The summed E-state index contributed by atoms with van der Waals surface area (Å²) in [5.41, 5.74) is 2.05. The molecule has 0 spiro atoms. The summed E-state index contributed by atoms with van der Waals surface area (Å²) in [4.78, 5) is 7.22. The zero-order valence-electron chi connectivity index (χ0n) is 15.8. The fourth-order valence-electron chi connectivity index (χ4n) is 3.90. The van der Waals surface area contributed by atoms with Crippen molar-refractivity contribution in [1.29, 1.82) is 0 Å². The zero-order valence-corrected chi connectivity index (χ0v) is 15.8. The van der Waals surface area contributed by atoms with Crippen LogP contribution in [0.1, 0.15) is 62.0 Å². The molecule has 0 bridgehead atoms. The van der Waals surface area contributed by atoms with Crippen molar-refractivity contribution in [3.63, 3.8) is 0 Å². The molecule has 2 aliphatic rings. The monoisotopic (exact) mass is 388 g/mol. The van der Waals surface area contributed by atoms with Crippen LogP contribution in [0.25, 0.3) is 5.57 Å². The fraction of sp³-hybridized carbons (Fsp3) is 0.455. The Morgan fingerprint density at radius 2 is 1.64 bits per heavy atom. The number of rotatable bonds is 2. The van der Waals surface area contributed by atoms with Gasteiger partial charge in [-0.15, -0.1) is 0 Å². The molecule has 2 aromatic heterocycles. The molecule has 2 aliphatic carbocycles. The van der Waals surface area contributed by atoms with Gasteiger partial charge >= 0.3 is 0 Å². The maximum atomic E-state index is 13.3. The number of aliphatic hydroxyl groups excluding tert-OH is 2.